The number of pyridine rings is 1. The summed E-state index contributed by atoms with van der Waals surface area (Å²) in [4.78, 5) is 19.4. The maximum absolute atomic E-state index is 12.5. The highest BCUT2D eigenvalue weighted by molar-refractivity contribution is 5.84. The van der Waals surface area contributed by atoms with Crippen molar-refractivity contribution in [2.75, 3.05) is 13.6 Å². The van der Waals surface area contributed by atoms with Crippen LogP contribution >= 0.6 is 0 Å². The first kappa shape index (κ1) is 16.9. The number of nitrogens with two attached hydrogens (primary N) is 1. The summed E-state index contributed by atoms with van der Waals surface area (Å²) in [6.45, 7) is 5.17. The molecule has 0 saturated carbocycles. The number of likely N-dealkylation sites (tertiary alicyclic amines) is 1. The summed E-state index contributed by atoms with van der Waals surface area (Å²) >= 11 is 0. The Morgan fingerprint density at radius 3 is 2.79 bits per heavy atom. The van der Waals surface area contributed by atoms with Crippen LogP contribution < -0.4 is 5.73 Å². The molecule has 0 aromatic carbocycles. The van der Waals surface area contributed by atoms with E-state index in [1.165, 1.54) is 6.42 Å². The molecular weight excluding hydrogens is 302 g/mol. The number of nitrogens with zero attached hydrogens (tertiary/aromatic N) is 4. The van der Waals surface area contributed by atoms with Gasteiger partial charge in [-0.1, -0.05) is 20.3 Å². The molecule has 24 heavy (non-hydrogen) atoms. The Bertz CT molecular complexity index is 751. The number of aryl methyl sites for hydroxylation is 1. The van der Waals surface area contributed by atoms with Crippen LogP contribution in [0, 0.1) is 5.92 Å². The van der Waals surface area contributed by atoms with E-state index >= 15 is 0 Å². The van der Waals surface area contributed by atoms with Gasteiger partial charge in [0.15, 0.2) is 0 Å². The summed E-state index contributed by atoms with van der Waals surface area (Å²) in [5, 5.41) is 5.35. The maximum Gasteiger partial charge on any atom is 0.223 e. The first-order chi connectivity index (χ1) is 11.3. The second-order valence-corrected chi connectivity index (χ2v) is 7.51. The quantitative estimate of drug-likeness (QED) is 0.928. The number of primary amides is 1. The van der Waals surface area contributed by atoms with Gasteiger partial charge in [0.25, 0.3) is 0 Å². The Kier molecular flexibility index (Phi) is 4.34. The molecule has 3 heterocycles. The first-order valence-corrected chi connectivity index (χ1v) is 8.60. The molecule has 1 saturated heterocycles. The molecule has 0 radical (unpaired) electrons. The fraction of sp³-hybridized carbons (Fsp3) is 0.611. The summed E-state index contributed by atoms with van der Waals surface area (Å²) in [5.74, 6) is -0.539. The SMILES string of the molecule is CN1CCCCC1C(C(N)=O)C(C)(C)c1nccc2c1cnn2C. The van der Waals surface area contributed by atoms with Crippen LogP contribution in [0.15, 0.2) is 18.5 Å². The number of aromatic nitrogens is 3. The molecule has 1 amide bonds. The number of hydrogen-bond donors (Lipinski definition) is 1. The van der Waals surface area contributed by atoms with Gasteiger partial charge in [0.2, 0.25) is 5.91 Å². The molecule has 0 bridgehead atoms. The molecule has 6 nitrogen and oxygen atoms in total. The molecule has 1 aliphatic heterocycles. The Balaban J connectivity index is 2.09. The molecule has 1 aliphatic rings. The van der Waals surface area contributed by atoms with Crippen molar-refractivity contribution in [1.29, 1.82) is 0 Å². The highest BCUT2D eigenvalue weighted by Gasteiger charge is 2.44. The normalized spacial score (nSPS) is 21.1. The Hall–Kier alpha value is -1.95. The number of amides is 1. The van der Waals surface area contributed by atoms with E-state index in [0.717, 1.165) is 36.0 Å². The third-order valence-electron chi connectivity index (χ3n) is 5.58. The molecular formula is C18H27N5O. The number of rotatable bonds is 4. The zero-order valence-electron chi connectivity index (χ0n) is 15.0. The minimum Gasteiger partial charge on any atom is -0.369 e. The molecule has 0 spiro atoms. The number of carbonyl (C=O) groups is 1. The summed E-state index contributed by atoms with van der Waals surface area (Å²) in [5.41, 5.74) is 7.34. The Labute approximate surface area is 143 Å². The van der Waals surface area contributed by atoms with Gasteiger partial charge in [-0.25, -0.2) is 0 Å². The predicted octanol–water partition coefficient (Wildman–Crippen LogP) is 1.83. The molecule has 3 rings (SSSR count). The number of piperidine rings is 1. The second kappa shape index (κ2) is 6.16. The summed E-state index contributed by atoms with van der Waals surface area (Å²) < 4.78 is 1.84. The van der Waals surface area contributed by atoms with Crippen molar-refractivity contribution in [2.45, 2.75) is 44.6 Å². The van der Waals surface area contributed by atoms with Gasteiger partial charge >= 0.3 is 0 Å². The van der Waals surface area contributed by atoms with Crippen LogP contribution in [0.25, 0.3) is 10.9 Å². The predicted molar refractivity (Wildman–Crippen MR) is 94.5 cm³/mol. The highest BCUT2D eigenvalue weighted by Crippen LogP contribution is 2.39. The smallest absolute Gasteiger partial charge is 0.223 e. The van der Waals surface area contributed by atoms with E-state index in [-0.39, 0.29) is 17.9 Å². The van der Waals surface area contributed by atoms with Gasteiger partial charge in [0, 0.05) is 30.1 Å². The first-order valence-electron chi connectivity index (χ1n) is 8.60. The van der Waals surface area contributed by atoms with Gasteiger partial charge in [-0.15, -0.1) is 0 Å². The molecule has 2 unspecified atom stereocenters. The van der Waals surface area contributed by atoms with Gasteiger partial charge in [0.1, 0.15) is 0 Å². The molecule has 2 aromatic rings. The second-order valence-electron chi connectivity index (χ2n) is 7.51. The maximum atomic E-state index is 12.5. The average Bonchev–Trinajstić information content (AvgIpc) is 2.90. The Morgan fingerprint density at radius 1 is 1.38 bits per heavy atom. The third-order valence-corrected chi connectivity index (χ3v) is 5.58. The van der Waals surface area contributed by atoms with Crippen molar-refractivity contribution in [1.82, 2.24) is 19.7 Å². The standard InChI is InChI=1S/C18H27N5O/c1-18(2,15(17(19)24)14-7-5-6-10-22(14)3)16-12-11-21-23(4)13(12)8-9-20-16/h8-9,11,14-15H,5-7,10H2,1-4H3,(H2,19,24). The zero-order chi connectivity index (χ0) is 17.5. The van der Waals surface area contributed by atoms with Gasteiger partial charge in [-0.3, -0.25) is 14.5 Å². The van der Waals surface area contributed by atoms with E-state index in [0.29, 0.717) is 0 Å². The molecule has 2 atom stereocenters. The van der Waals surface area contributed by atoms with Crippen molar-refractivity contribution < 1.29 is 4.79 Å². The summed E-state index contributed by atoms with van der Waals surface area (Å²) in [7, 11) is 4.01. The van der Waals surface area contributed by atoms with Gasteiger partial charge in [-0.2, -0.15) is 5.10 Å². The monoisotopic (exact) mass is 329 g/mol. The van der Waals surface area contributed by atoms with Crippen LogP contribution in [0.1, 0.15) is 38.8 Å². The molecule has 0 aliphatic carbocycles. The number of carbonyl (C=O) groups excluding carboxylic acids is 1. The van der Waals surface area contributed by atoms with E-state index in [4.69, 9.17) is 5.73 Å². The van der Waals surface area contributed by atoms with E-state index in [1.54, 1.807) is 6.20 Å². The summed E-state index contributed by atoms with van der Waals surface area (Å²) in [6.07, 6.45) is 6.94. The lowest BCUT2D eigenvalue weighted by atomic mass is 9.69. The largest absolute Gasteiger partial charge is 0.369 e. The molecule has 130 valence electrons. The molecule has 1 fully saturated rings. The fourth-order valence-electron chi connectivity index (χ4n) is 4.29. The number of fused-ring (bicyclic) bond motifs is 1. The lowest BCUT2D eigenvalue weighted by molar-refractivity contribution is -0.127. The minimum absolute atomic E-state index is 0.153. The van der Waals surface area contributed by atoms with E-state index in [9.17, 15) is 4.79 Å². The van der Waals surface area contributed by atoms with Crippen LogP contribution in [0.2, 0.25) is 0 Å². The van der Waals surface area contributed by atoms with Crippen LogP contribution in [-0.2, 0) is 17.3 Å². The van der Waals surface area contributed by atoms with E-state index in [1.807, 2.05) is 24.0 Å². The van der Waals surface area contributed by atoms with E-state index < -0.39 is 5.41 Å². The van der Waals surface area contributed by atoms with Gasteiger partial charge in [-0.05, 0) is 32.5 Å². The van der Waals surface area contributed by atoms with Crippen molar-refractivity contribution in [3.05, 3.63) is 24.2 Å². The third kappa shape index (κ3) is 2.69. The fourth-order valence-corrected chi connectivity index (χ4v) is 4.29. The lowest BCUT2D eigenvalue weighted by Gasteiger charge is -2.43. The lowest BCUT2D eigenvalue weighted by Crippen LogP contribution is -2.53. The molecule has 6 heteroatoms. The van der Waals surface area contributed by atoms with E-state index in [2.05, 4.69) is 35.9 Å². The van der Waals surface area contributed by atoms with Crippen LogP contribution in [-0.4, -0.2) is 45.2 Å². The topological polar surface area (TPSA) is 77.0 Å². The van der Waals surface area contributed by atoms with Crippen LogP contribution in [0.4, 0.5) is 0 Å². The van der Waals surface area contributed by atoms with Crippen LogP contribution in [0.3, 0.4) is 0 Å². The number of hydrogen-bond acceptors (Lipinski definition) is 4. The molecule has 2 aromatic heterocycles. The van der Waals surface area contributed by atoms with Crippen molar-refractivity contribution in [2.24, 2.45) is 18.7 Å². The van der Waals surface area contributed by atoms with Gasteiger partial charge < -0.3 is 10.6 Å². The van der Waals surface area contributed by atoms with Crippen molar-refractivity contribution >= 4 is 16.8 Å². The summed E-state index contributed by atoms with van der Waals surface area (Å²) in [6, 6.07) is 2.11. The van der Waals surface area contributed by atoms with Crippen molar-refractivity contribution in [3.63, 3.8) is 0 Å². The average molecular weight is 329 g/mol. The minimum atomic E-state index is -0.468. The zero-order valence-corrected chi connectivity index (χ0v) is 15.0. The highest BCUT2D eigenvalue weighted by atomic mass is 16.1. The van der Waals surface area contributed by atoms with Gasteiger partial charge in [0.05, 0.1) is 23.3 Å². The van der Waals surface area contributed by atoms with Crippen molar-refractivity contribution in [3.8, 4) is 0 Å². The van der Waals surface area contributed by atoms with Crippen LogP contribution in [0.5, 0.6) is 0 Å². The molecule has 2 N–H and O–H groups in total. The Morgan fingerprint density at radius 2 is 2.12 bits per heavy atom.